The van der Waals surface area contributed by atoms with Crippen LogP contribution in [0.15, 0.2) is 162 Å². The van der Waals surface area contributed by atoms with E-state index in [0.717, 1.165) is 83.8 Å². The summed E-state index contributed by atoms with van der Waals surface area (Å²) < 4.78 is 17.4. The highest BCUT2D eigenvalue weighted by Crippen LogP contribution is 2.45. The van der Waals surface area contributed by atoms with Gasteiger partial charge in [0.25, 0.3) is 11.8 Å². The predicted octanol–water partition coefficient (Wildman–Crippen LogP) is 9.98. The summed E-state index contributed by atoms with van der Waals surface area (Å²) in [6.45, 7) is 0.973. The van der Waals surface area contributed by atoms with E-state index in [-0.39, 0.29) is 36.0 Å². The average molecular weight is 997 g/mol. The van der Waals surface area contributed by atoms with Gasteiger partial charge in [0.15, 0.2) is 11.6 Å². The number of halogens is 1. The minimum atomic E-state index is -0.505. The number of carbonyl (C=O) groups is 2. The molecule has 0 unspecified atom stereocenters. The standard InChI is InChI=1S/C29H26FN7O.C29H27N7O/c1-35-28(38)25-26(31-20-7-3-2-4-8-20)36(34-27(25)37-23-11-5-10-22(23)33-29(35)37)17-18-13-15-19(16-14-18)21-9-6-12-24(30)32-21;1-34-28(37)25-26(31-21-8-3-2-4-9-21)35(33-27(25)36-24-12-7-11-23(24)32-29(34)36)18-19-13-15-20(16-14-19)22-10-5-6-17-30-22/h2-4,6-9,12-16,22-23,31H,5,10-11,17H2,1H3;2-6,8-10,13-17,23-24,31H,7,11-12,18H2,1H3/t22-,23+;23-,24+/m11/s1. The van der Waals surface area contributed by atoms with Gasteiger partial charge in [0.2, 0.25) is 17.9 Å². The molecule has 17 heteroatoms. The fourth-order valence-corrected chi connectivity index (χ4v) is 11.4. The van der Waals surface area contributed by atoms with Gasteiger partial charge in [-0.2, -0.15) is 14.6 Å². The van der Waals surface area contributed by atoms with Crippen LogP contribution in [0.3, 0.4) is 0 Å². The largest absolute Gasteiger partial charge is 0.340 e. The molecule has 4 atom stereocenters. The van der Waals surface area contributed by atoms with Crippen molar-refractivity contribution < 1.29 is 14.0 Å². The molecule has 16 nitrogen and oxygen atoms in total. The molecule has 0 saturated heterocycles. The molecule has 374 valence electrons. The number of nitrogens with one attached hydrogen (secondary N) is 2. The second kappa shape index (κ2) is 18.8. The number of amides is 2. The number of hydrogen-bond acceptors (Lipinski definition) is 12. The second-order valence-corrected chi connectivity index (χ2v) is 19.8. The van der Waals surface area contributed by atoms with Crippen molar-refractivity contribution in [3.8, 4) is 22.5 Å². The van der Waals surface area contributed by atoms with Crippen molar-refractivity contribution in [2.75, 3.05) is 34.5 Å². The number of fused-ring (bicyclic) bond motifs is 10. The molecule has 0 radical (unpaired) electrons. The van der Waals surface area contributed by atoms with E-state index in [1.807, 2.05) is 120 Å². The van der Waals surface area contributed by atoms with Crippen molar-refractivity contribution in [2.45, 2.75) is 75.8 Å². The predicted molar refractivity (Wildman–Crippen MR) is 288 cm³/mol. The lowest BCUT2D eigenvalue weighted by Crippen LogP contribution is -2.51. The molecular weight excluding hydrogens is 944 g/mol. The SMILES string of the molecule is CN1C(=O)c2c(nn(Cc3ccc(-c4cccc(F)n4)cc3)c2Nc2ccccc2)N2C1=N[C@@H]1CCC[C@@H]12.CN1C(=O)c2c(nn(Cc3ccc(-c4ccccn4)cc3)c2Nc2ccccc2)N2C1=N[C@@H]1CCC[C@@H]12. The molecule has 0 bridgehead atoms. The molecule has 2 aliphatic carbocycles. The van der Waals surface area contributed by atoms with Crippen molar-refractivity contribution in [1.82, 2.24) is 39.3 Å². The van der Waals surface area contributed by atoms with Crippen LogP contribution in [-0.4, -0.2) is 101 Å². The van der Waals surface area contributed by atoms with E-state index in [0.29, 0.717) is 59.1 Å². The van der Waals surface area contributed by atoms with Gasteiger partial charge in [-0.05, 0) is 98.2 Å². The highest BCUT2D eigenvalue weighted by Gasteiger charge is 2.51. The molecule has 4 aromatic carbocycles. The Morgan fingerprint density at radius 3 is 1.47 bits per heavy atom. The molecule has 2 amide bonds. The Morgan fingerprint density at radius 2 is 1.00 bits per heavy atom. The summed E-state index contributed by atoms with van der Waals surface area (Å²) in [5.74, 6) is 3.44. The van der Waals surface area contributed by atoms with Crippen molar-refractivity contribution in [1.29, 1.82) is 0 Å². The van der Waals surface area contributed by atoms with Crippen molar-refractivity contribution in [2.24, 2.45) is 9.98 Å². The number of para-hydroxylation sites is 2. The molecule has 8 heterocycles. The van der Waals surface area contributed by atoms with Crippen LogP contribution in [0.5, 0.6) is 0 Å². The van der Waals surface area contributed by atoms with E-state index in [1.54, 1.807) is 35.2 Å². The summed E-state index contributed by atoms with van der Waals surface area (Å²) in [5, 5.41) is 17.0. The third-order valence-corrected chi connectivity index (χ3v) is 15.1. The first kappa shape index (κ1) is 45.8. The third-order valence-electron chi connectivity index (χ3n) is 15.1. The smallest absolute Gasteiger partial charge is 0.267 e. The summed E-state index contributed by atoms with van der Waals surface area (Å²) in [4.78, 5) is 53.3. The van der Waals surface area contributed by atoms with Crippen LogP contribution in [0.1, 0.15) is 70.4 Å². The first-order chi connectivity index (χ1) is 36.7. The maximum absolute atomic E-state index is 13.7. The van der Waals surface area contributed by atoms with Crippen molar-refractivity contribution >= 4 is 58.4 Å². The first-order valence-corrected chi connectivity index (χ1v) is 25.6. The summed E-state index contributed by atoms with van der Waals surface area (Å²) in [6, 6.07) is 47.5. The van der Waals surface area contributed by atoms with Crippen LogP contribution in [0.25, 0.3) is 22.5 Å². The Labute approximate surface area is 432 Å². The first-order valence-electron chi connectivity index (χ1n) is 25.6. The fourth-order valence-electron chi connectivity index (χ4n) is 11.4. The maximum atomic E-state index is 13.7. The summed E-state index contributed by atoms with van der Waals surface area (Å²) in [5.41, 5.74) is 8.44. The van der Waals surface area contributed by atoms with E-state index in [2.05, 4.69) is 54.7 Å². The van der Waals surface area contributed by atoms with Gasteiger partial charge in [-0.15, -0.1) is 0 Å². The number of guanidine groups is 2. The highest BCUT2D eigenvalue weighted by molar-refractivity contribution is 6.22. The number of aromatic nitrogens is 6. The number of nitrogens with zero attached hydrogens (tertiary/aromatic N) is 12. The van der Waals surface area contributed by atoms with Gasteiger partial charge in [0.1, 0.15) is 22.8 Å². The average Bonchev–Trinajstić information content (AvgIpc) is 4.34. The van der Waals surface area contributed by atoms with Crippen molar-refractivity contribution in [3.63, 3.8) is 0 Å². The minimum absolute atomic E-state index is 0.0832. The topological polar surface area (TPSA) is 157 Å². The molecule has 2 fully saturated rings. The van der Waals surface area contributed by atoms with E-state index in [1.165, 1.54) is 6.07 Å². The lowest BCUT2D eigenvalue weighted by Gasteiger charge is -2.34. The van der Waals surface area contributed by atoms with Crippen LogP contribution in [0, 0.1) is 5.95 Å². The Hall–Kier alpha value is -8.99. The van der Waals surface area contributed by atoms with Gasteiger partial charge in [-0.1, -0.05) is 97.1 Å². The monoisotopic (exact) mass is 996 g/mol. The number of rotatable bonds is 10. The quantitative estimate of drug-likeness (QED) is 0.126. The molecule has 0 spiro atoms. The fraction of sp³-hybridized carbons (Fsp3) is 0.241. The van der Waals surface area contributed by atoms with Gasteiger partial charge in [-0.25, -0.2) is 24.3 Å². The highest BCUT2D eigenvalue weighted by atomic mass is 19.1. The molecule has 4 aromatic heterocycles. The molecule has 75 heavy (non-hydrogen) atoms. The Morgan fingerprint density at radius 1 is 0.533 bits per heavy atom. The number of pyridine rings is 2. The van der Waals surface area contributed by atoms with Crippen LogP contribution in [0.2, 0.25) is 0 Å². The number of aliphatic imine (C=N–C) groups is 2. The zero-order valence-corrected chi connectivity index (χ0v) is 41.5. The van der Waals surface area contributed by atoms with Crippen LogP contribution in [-0.2, 0) is 13.1 Å². The van der Waals surface area contributed by atoms with Crippen LogP contribution in [0.4, 0.5) is 39.0 Å². The van der Waals surface area contributed by atoms with Gasteiger partial charge in [-0.3, -0.25) is 34.2 Å². The molecule has 2 N–H and O–H groups in total. The van der Waals surface area contributed by atoms with E-state index >= 15 is 0 Å². The summed E-state index contributed by atoms with van der Waals surface area (Å²) in [6.07, 6.45) is 8.25. The second-order valence-electron chi connectivity index (χ2n) is 19.8. The number of hydrogen-bond donors (Lipinski definition) is 2. The van der Waals surface area contributed by atoms with E-state index < -0.39 is 5.95 Å². The minimum Gasteiger partial charge on any atom is -0.340 e. The number of benzene rings is 4. The van der Waals surface area contributed by atoms with Crippen molar-refractivity contribution in [3.05, 3.63) is 180 Å². The lowest BCUT2D eigenvalue weighted by atomic mass is 10.1. The normalized spacial score (nSPS) is 19.8. The zero-order valence-electron chi connectivity index (χ0n) is 41.5. The van der Waals surface area contributed by atoms with Gasteiger partial charge < -0.3 is 10.6 Å². The number of anilines is 6. The Balaban J connectivity index is 0.000000144. The summed E-state index contributed by atoms with van der Waals surface area (Å²) >= 11 is 0. The van der Waals surface area contributed by atoms with Crippen LogP contribution >= 0.6 is 0 Å². The Bertz CT molecular complexity index is 3530. The zero-order chi connectivity index (χ0) is 50.7. The van der Waals surface area contributed by atoms with Crippen LogP contribution < -0.4 is 20.4 Å². The molecule has 4 aliphatic heterocycles. The van der Waals surface area contributed by atoms with Gasteiger partial charge in [0.05, 0.1) is 48.6 Å². The molecule has 6 aliphatic rings. The number of carbonyl (C=O) groups excluding carboxylic acids is 2. The van der Waals surface area contributed by atoms with Gasteiger partial charge in [0, 0.05) is 42.8 Å². The lowest BCUT2D eigenvalue weighted by molar-refractivity contribution is 0.0857. The molecule has 14 rings (SSSR count). The van der Waals surface area contributed by atoms with Gasteiger partial charge >= 0.3 is 0 Å². The molecular formula is C58H53FN14O2. The van der Waals surface area contributed by atoms with E-state index in [4.69, 9.17) is 20.2 Å². The molecule has 2 saturated carbocycles. The Kier molecular flexibility index (Phi) is 11.5. The third kappa shape index (κ3) is 8.24. The summed E-state index contributed by atoms with van der Waals surface area (Å²) in [7, 11) is 3.61. The maximum Gasteiger partial charge on any atom is 0.267 e. The van der Waals surface area contributed by atoms with E-state index in [9.17, 15) is 14.0 Å². The molecule has 8 aromatic rings.